The van der Waals surface area contributed by atoms with Crippen molar-refractivity contribution in [1.29, 1.82) is 0 Å². The second kappa shape index (κ2) is 4.82. The van der Waals surface area contributed by atoms with Gasteiger partial charge in [0, 0.05) is 0 Å². The Morgan fingerprint density at radius 3 is 3.00 bits per heavy atom. The molecule has 0 bridgehead atoms. The van der Waals surface area contributed by atoms with Gasteiger partial charge in [-0.3, -0.25) is 0 Å². The van der Waals surface area contributed by atoms with E-state index in [-0.39, 0.29) is 0 Å². The van der Waals surface area contributed by atoms with Crippen LogP contribution in [0.1, 0.15) is 51.9 Å². The average molecular weight is 190 g/mol. The zero-order chi connectivity index (χ0) is 9.80. The molecule has 2 unspecified atom stereocenters. The van der Waals surface area contributed by atoms with Crippen molar-refractivity contribution in [3.8, 4) is 0 Å². The van der Waals surface area contributed by atoms with Crippen molar-refractivity contribution in [2.75, 3.05) is 0 Å². The number of hydrogen-bond acceptors (Lipinski definition) is 0. The fourth-order valence-corrected chi connectivity index (χ4v) is 3.02. The molecule has 0 heterocycles. The first-order chi connectivity index (χ1) is 6.92. The molecule has 0 radical (unpaired) electrons. The molecule has 2 aliphatic carbocycles. The summed E-state index contributed by atoms with van der Waals surface area (Å²) in [6.45, 7) is 2.34. The first kappa shape index (κ1) is 10.0. The summed E-state index contributed by atoms with van der Waals surface area (Å²) in [7, 11) is 0. The van der Waals surface area contributed by atoms with Gasteiger partial charge < -0.3 is 0 Å². The smallest absolute Gasteiger partial charge is 0.0197 e. The second-order valence-corrected chi connectivity index (χ2v) is 4.76. The van der Waals surface area contributed by atoms with Crippen molar-refractivity contribution in [1.82, 2.24) is 0 Å². The summed E-state index contributed by atoms with van der Waals surface area (Å²) in [4.78, 5) is 0. The summed E-state index contributed by atoms with van der Waals surface area (Å²) < 4.78 is 0. The van der Waals surface area contributed by atoms with Crippen molar-refractivity contribution in [2.45, 2.75) is 51.9 Å². The highest BCUT2D eigenvalue weighted by Gasteiger charge is 2.28. The van der Waals surface area contributed by atoms with E-state index in [2.05, 4.69) is 25.2 Å². The Kier molecular flexibility index (Phi) is 3.44. The summed E-state index contributed by atoms with van der Waals surface area (Å²) >= 11 is 0. The molecule has 2 atom stereocenters. The Labute approximate surface area is 88.1 Å². The lowest BCUT2D eigenvalue weighted by molar-refractivity contribution is 0.533. The van der Waals surface area contributed by atoms with Crippen LogP contribution in [0.5, 0.6) is 0 Å². The predicted octanol–water partition coefficient (Wildman–Crippen LogP) is 4.48. The van der Waals surface area contributed by atoms with E-state index in [0.717, 1.165) is 11.8 Å². The Bertz CT molecular complexity index is 234. The molecule has 0 spiro atoms. The standard InChI is InChI=1S/C14H22/c1-2-12-10-11-13-8-6-4-3-5-7-9-14(12)13/h5,7,9,12-13H,2-4,6,8,10-11H2,1H3/b7-5+,14-9?. The molecule has 14 heavy (non-hydrogen) atoms. The van der Waals surface area contributed by atoms with Crippen LogP contribution in [0.4, 0.5) is 0 Å². The molecule has 0 N–H and O–H groups in total. The number of allylic oxidation sites excluding steroid dienone is 4. The lowest BCUT2D eigenvalue weighted by Gasteiger charge is -2.14. The van der Waals surface area contributed by atoms with E-state index in [0.29, 0.717) is 0 Å². The molecule has 0 nitrogen and oxygen atoms in total. The highest BCUT2D eigenvalue weighted by Crippen LogP contribution is 2.41. The van der Waals surface area contributed by atoms with E-state index >= 15 is 0 Å². The van der Waals surface area contributed by atoms with Gasteiger partial charge in [0.1, 0.15) is 0 Å². The van der Waals surface area contributed by atoms with Crippen LogP contribution in [0.2, 0.25) is 0 Å². The van der Waals surface area contributed by atoms with Gasteiger partial charge in [-0.25, -0.2) is 0 Å². The van der Waals surface area contributed by atoms with Crippen LogP contribution < -0.4 is 0 Å². The molecular weight excluding hydrogens is 168 g/mol. The third-order valence-corrected chi connectivity index (χ3v) is 3.90. The van der Waals surface area contributed by atoms with Crippen molar-refractivity contribution >= 4 is 0 Å². The molecule has 0 aromatic carbocycles. The summed E-state index contributed by atoms with van der Waals surface area (Å²) in [5.74, 6) is 1.84. The topological polar surface area (TPSA) is 0 Å². The normalized spacial score (nSPS) is 35.1. The van der Waals surface area contributed by atoms with Crippen molar-refractivity contribution < 1.29 is 0 Å². The van der Waals surface area contributed by atoms with Gasteiger partial charge in [0.2, 0.25) is 0 Å². The fraction of sp³-hybridized carbons (Fsp3) is 0.714. The maximum atomic E-state index is 2.43. The molecule has 0 amide bonds. The molecule has 0 saturated heterocycles. The van der Waals surface area contributed by atoms with E-state index in [1.165, 1.54) is 44.9 Å². The maximum absolute atomic E-state index is 2.43. The van der Waals surface area contributed by atoms with Crippen LogP contribution in [0, 0.1) is 11.8 Å². The maximum Gasteiger partial charge on any atom is -0.0197 e. The molecule has 0 heteroatoms. The lowest BCUT2D eigenvalue weighted by atomic mass is 9.91. The molecule has 2 aliphatic rings. The summed E-state index contributed by atoms with van der Waals surface area (Å²) in [5.41, 5.74) is 1.77. The quantitative estimate of drug-likeness (QED) is 0.572. The molecule has 78 valence electrons. The van der Waals surface area contributed by atoms with E-state index in [4.69, 9.17) is 0 Å². The van der Waals surface area contributed by atoms with E-state index in [1.54, 1.807) is 5.57 Å². The van der Waals surface area contributed by atoms with Crippen LogP contribution in [0.25, 0.3) is 0 Å². The van der Waals surface area contributed by atoms with E-state index < -0.39 is 0 Å². The lowest BCUT2D eigenvalue weighted by Crippen LogP contribution is -2.01. The largest absolute Gasteiger partial charge is 0.0845 e. The van der Waals surface area contributed by atoms with Gasteiger partial charge >= 0.3 is 0 Å². The second-order valence-electron chi connectivity index (χ2n) is 4.76. The van der Waals surface area contributed by atoms with E-state index in [1.807, 2.05) is 0 Å². The summed E-state index contributed by atoms with van der Waals surface area (Å²) in [5, 5.41) is 0. The average Bonchev–Trinajstić information content (AvgIpc) is 2.61. The van der Waals surface area contributed by atoms with Gasteiger partial charge in [-0.2, -0.15) is 0 Å². The van der Waals surface area contributed by atoms with Crippen molar-refractivity contribution in [3.63, 3.8) is 0 Å². The van der Waals surface area contributed by atoms with Gasteiger partial charge in [0.25, 0.3) is 0 Å². The molecule has 1 saturated carbocycles. The third-order valence-electron chi connectivity index (χ3n) is 3.90. The number of hydrogen-bond donors (Lipinski definition) is 0. The zero-order valence-electron chi connectivity index (χ0n) is 9.34. The van der Waals surface area contributed by atoms with E-state index in [9.17, 15) is 0 Å². The molecule has 0 aliphatic heterocycles. The van der Waals surface area contributed by atoms with Gasteiger partial charge in [0.05, 0.1) is 0 Å². The Hall–Kier alpha value is -0.520. The molecular formula is C14H22. The highest BCUT2D eigenvalue weighted by atomic mass is 14.3. The molecule has 0 aromatic rings. The zero-order valence-corrected chi connectivity index (χ0v) is 9.34. The number of rotatable bonds is 1. The Morgan fingerprint density at radius 2 is 2.14 bits per heavy atom. The molecule has 1 fully saturated rings. The Morgan fingerprint density at radius 1 is 1.21 bits per heavy atom. The van der Waals surface area contributed by atoms with Crippen molar-refractivity contribution in [2.24, 2.45) is 11.8 Å². The monoisotopic (exact) mass is 190 g/mol. The van der Waals surface area contributed by atoms with Gasteiger partial charge in [-0.15, -0.1) is 0 Å². The highest BCUT2D eigenvalue weighted by molar-refractivity contribution is 5.21. The fourth-order valence-electron chi connectivity index (χ4n) is 3.02. The van der Waals surface area contributed by atoms with Crippen molar-refractivity contribution in [3.05, 3.63) is 23.8 Å². The first-order valence-electron chi connectivity index (χ1n) is 6.28. The van der Waals surface area contributed by atoms with Gasteiger partial charge in [-0.05, 0) is 50.4 Å². The van der Waals surface area contributed by atoms with Gasteiger partial charge in [0.15, 0.2) is 0 Å². The van der Waals surface area contributed by atoms with Crippen LogP contribution in [-0.4, -0.2) is 0 Å². The van der Waals surface area contributed by atoms with Crippen LogP contribution in [-0.2, 0) is 0 Å². The predicted molar refractivity (Wildman–Crippen MR) is 62.2 cm³/mol. The number of fused-ring (bicyclic) bond motifs is 1. The minimum Gasteiger partial charge on any atom is -0.0845 e. The van der Waals surface area contributed by atoms with Crippen LogP contribution in [0.15, 0.2) is 23.8 Å². The van der Waals surface area contributed by atoms with Gasteiger partial charge in [-0.1, -0.05) is 37.1 Å². The minimum atomic E-state index is 0.905. The minimum absolute atomic E-state index is 0.905. The Balaban J connectivity index is 2.13. The molecule has 0 aromatic heterocycles. The third kappa shape index (κ3) is 2.10. The summed E-state index contributed by atoms with van der Waals surface area (Å²) in [6.07, 6.45) is 16.9. The van der Waals surface area contributed by atoms with Crippen LogP contribution >= 0.6 is 0 Å². The summed E-state index contributed by atoms with van der Waals surface area (Å²) in [6, 6.07) is 0. The van der Waals surface area contributed by atoms with Crippen LogP contribution in [0.3, 0.4) is 0 Å². The molecule has 2 rings (SSSR count). The SMILES string of the molecule is CCC1CCC2CCCC/C=C/C=C12. The first-order valence-corrected chi connectivity index (χ1v) is 6.28.